The molecule has 0 saturated carbocycles. The van der Waals surface area contributed by atoms with Crippen molar-refractivity contribution in [1.82, 2.24) is 15.5 Å². The molecule has 3 rings (SSSR count). The topological polar surface area (TPSA) is 51.0 Å². The maximum absolute atomic E-state index is 13.1. The van der Waals surface area contributed by atoms with Crippen LogP contribution in [-0.4, -0.2) is 22.9 Å². The SMILES string of the molecule is Fc1cccc(Cc2noc([C@H]3C[C@H](F)CN3)n2)c1. The third kappa shape index (κ3) is 2.78. The summed E-state index contributed by atoms with van der Waals surface area (Å²) in [7, 11) is 0. The normalized spacial score (nSPS) is 22.8. The van der Waals surface area contributed by atoms with E-state index in [2.05, 4.69) is 15.5 Å². The monoisotopic (exact) mass is 265 g/mol. The van der Waals surface area contributed by atoms with Crippen molar-refractivity contribution >= 4 is 0 Å². The van der Waals surface area contributed by atoms with E-state index in [9.17, 15) is 8.78 Å². The van der Waals surface area contributed by atoms with Gasteiger partial charge in [-0.05, 0) is 17.7 Å². The average molecular weight is 265 g/mol. The van der Waals surface area contributed by atoms with Crippen LogP contribution in [0.25, 0.3) is 0 Å². The Balaban J connectivity index is 1.71. The van der Waals surface area contributed by atoms with Crippen LogP contribution in [0.1, 0.15) is 29.7 Å². The minimum Gasteiger partial charge on any atom is -0.338 e. The Morgan fingerprint density at radius 3 is 3.05 bits per heavy atom. The fourth-order valence-corrected chi connectivity index (χ4v) is 2.19. The lowest BCUT2D eigenvalue weighted by Crippen LogP contribution is -2.14. The largest absolute Gasteiger partial charge is 0.338 e. The molecule has 19 heavy (non-hydrogen) atoms. The van der Waals surface area contributed by atoms with Crippen molar-refractivity contribution in [2.75, 3.05) is 6.54 Å². The molecule has 4 nitrogen and oxygen atoms in total. The molecular weight excluding hydrogens is 252 g/mol. The van der Waals surface area contributed by atoms with Crippen molar-refractivity contribution in [2.24, 2.45) is 0 Å². The molecule has 0 radical (unpaired) electrons. The third-order valence-electron chi connectivity index (χ3n) is 3.11. The second-order valence-electron chi connectivity index (χ2n) is 4.65. The predicted molar refractivity (Wildman–Crippen MR) is 63.8 cm³/mol. The van der Waals surface area contributed by atoms with Gasteiger partial charge in [0.25, 0.3) is 0 Å². The summed E-state index contributed by atoms with van der Waals surface area (Å²) in [6, 6.07) is 6.03. The van der Waals surface area contributed by atoms with Gasteiger partial charge in [-0.3, -0.25) is 0 Å². The number of halogens is 2. The fourth-order valence-electron chi connectivity index (χ4n) is 2.19. The summed E-state index contributed by atoms with van der Waals surface area (Å²) in [5.74, 6) is 0.579. The van der Waals surface area contributed by atoms with Crippen LogP contribution >= 0.6 is 0 Å². The Hall–Kier alpha value is -1.82. The van der Waals surface area contributed by atoms with Gasteiger partial charge in [0.15, 0.2) is 5.82 Å². The second-order valence-corrected chi connectivity index (χ2v) is 4.65. The van der Waals surface area contributed by atoms with E-state index in [1.54, 1.807) is 12.1 Å². The Morgan fingerprint density at radius 2 is 2.32 bits per heavy atom. The van der Waals surface area contributed by atoms with E-state index in [-0.39, 0.29) is 11.9 Å². The molecule has 0 spiro atoms. The zero-order valence-electron chi connectivity index (χ0n) is 10.1. The molecule has 1 aromatic carbocycles. The molecule has 2 heterocycles. The van der Waals surface area contributed by atoms with E-state index >= 15 is 0 Å². The summed E-state index contributed by atoms with van der Waals surface area (Å²) in [5, 5.41) is 6.82. The highest BCUT2D eigenvalue weighted by atomic mass is 19.1. The molecule has 6 heteroatoms. The number of alkyl halides is 1. The lowest BCUT2D eigenvalue weighted by Gasteiger charge is -2.01. The van der Waals surface area contributed by atoms with Crippen molar-refractivity contribution in [1.29, 1.82) is 0 Å². The number of aromatic nitrogens is 2. The molecular formula is C13H13F2N3O. The highest BCUT2D eigenvalue weighted by molar-refractivity contribution is 5.19. The molecule has 1 aliphatic heterocycles. The minimum atomic E-state index is -0.872. The van der Waals surface area contributed by atoms with Crippen LogP contribution in [0, 0.1) is 5.82 Å². The summed E-state index contributed by atoms with van der Waals surface area (Å²) in [4.78, 5) is 4.22. The summed E-state index contributed by atoms with van der Waals surface area (Å²) >= 11 is 0. The smallest absolute Gasteiger partial charge is 0.243 e. The first-order valence-corrected chi connectivity index (χ1v) is 6.15. The first-order valence-electron chi connectivity index (χ1n) is 6.15. The maximum atomic E-state index is 13.1. The predicted octanol–water partition coefficient (Wildman–Crippen LogP) is 2.17. The molecule has 0 amide bonds. The number of nitrogens with one attached hydrogen (secondary N) is 1. The molecule has 1 aliphatic rings. The van der Waals surface area contributed by atoms with Gasteiger partial charge in [0, 0.05) is 19.4 Å². The van der Waals surface area contributed by atoms with Gasteiger partial charge in [-0.25, -0.2) is 8.78 Å². The molecule has 0 bridgehead atoms. The Morgan fingerprint density at radius 1 is 1.42 bits per heavy atom. The van der Waals surface area contributed by atoms with Crippen LogP contribution in [0.4, 0.5) is 8.78 Å². The van der Waals surface area contributed by atoms with Gasteiger partial charge in [0.1, 0.15) is 12.0 Å². The summed E-state index contributed by atoms with van der Waals surface area (Å²) in [5.41, 5.74) is 0.773. The van der Waals surface area contributed by atoms with Crippen LogP contribution in [0.15, 0.2) is 28.8 Å². The summed E-state index contributed by atoms with van der Waals surface area (Å²) in [6.07, 6.45) is -0.127. The summed E-state index contributed by atoms with van der Waals surface area (Å²) in [6.45, 7) is 0.312. The van der Waals surface area contributed by atoms with Crippen LogP contribution in [0.3, 0.4) is 0 Å². The second kappa shape index (κ2) is 5.05. The molecule has 1 N–H and O–H groups in total. The van der Waals surface area contributed by atoms with E-state index in [0.29, 0.717) is 31.1 Å². The van der Waals surface area contributed by atoms with E-state index in [1.165, 1.54) is 12.1 Å². The lowest BCUT2D eigenvalue weighted by molar-refractivity contribution is 0.322. The number of nitrogens with zero attached hydrogens (tertiary/aromatic N) is 2. The van der Waals surface area contributed by atoms with Crippen molar-refractivity contribution in [3.8, 4) is 0 Å². The van der Waals surface area contributed by atoms with Crippen molar-refractivity contribution < 1.29 is 13.3 Å². The Labute approximate surface area is 108 Å². The van der Waals surface area contributed by atoms with Gasteiger partial charge >= 0.3 is 0 Å². The Kier molecular flexibility index (Phi) is 3.25. The first-order chi connectivity index (χ1) is 9.20. The molecule has 2 aromatic rings. The molecule has 1 aromatic heterocycles. The van der Waals surface area contributed by atoms with Crippen molar-refractivity contribution in [2.45, 2.75) is 25.1 Å². The highest BCUT2D eigenvalue weighted by Crippen LogP contribution is 2.23. The van der Waals surface area contributed by atoms with Crippen LogP contribution in [-0.2, 0) is 6.42 Å². The van der Waals surface area contributed by atoms with E-state index < -0.39 is 6.17 Å². The van der Waals surface area contributed by atoms with Gasteiger partial charge in [0.2, 0.25) is 5.89 Å². The number of hydrogen-bond acceptors (Lipinski definition) is 4. The van der Waals surface area contributed by atoms with Gasteiger partial charge < -0.3 is 9.84 Å². The average Bonchev–Trinajstić information content (AvgIpc) is 2.98. The number of hydrogen-bond donors (Lipinski definition) is 1. The minimum absolute atomic E-state index is 0.219. The van der Waals surface area contributed by atoms with Gasteiger partial charge in [-0.15, -0.1) is 0 Å². The van der Waals surface area contributed by atoms with Crippen LogP contribution < -0.4 is 5.32 Å². The molecule has 0 aliphatic carbocycles. The zero-order valence-corrected chi connectivity index (χ0v) is 10.1. The molecule has 0 unspecified atom stereocenters. The fraction of sp³-hybridized carbons (Fsp3) is 0.385. The lowest BCUT2D eigenvalue weighted by atomic mass is 10.1. The maximum Gasteiger partial charge on any atom is 0.243 e. The van der Waals surface area contributed by atoms with Gasteiger partial charge in [-0.1, -0.05) is 17.3 Å². The van der Waals surface area contributed by atoms with E-state index in [4.69, 9.17) is 4.52 Å². The molecule has 1 fully saturated rings. The standard InChI is InChI=1S/C13H13F2N3O/c14-9-3-1-2-8(4-9)5-12-17-13(19-18-12)11-6-10(15)7-16-11/h1-4,10-11,16H,5-7H2/t10-,11+/m0/s1. The van der Waals surface area contributed by atoms with Gasteiger partial charge in [-0.2, -0.15) is 4.98 Å². The summed E-state index contributed by atoms with van der Waals surface area (Å²) < 4.78 is 31.2. The van der Waals surface area contributed by atoms with Crippen LogP contribution in [0.5, 0.6) is 0 Å². The number of rotatable bonds is 3. The molecule has 100 valence electrons. The highest BCUT2D eigenvalue weighted by Gasteiger charge is 2.29. The molecule has 2 atom stereocenters. The van der Waals surface area contributed by atoms with Gasteiger partial charge in [0.05, 0.1) is 6.04 Å². The molecule has 1 saturated heterocycles. The third-order valence-corrected chi connectivity index (χ3v) is 3.11. The number of benzene rings is 1. The zero-order chi connectivity index (χ0) is 13.2. The van der Waals surface area contributed by atoms with E-state index in [1.807, 2.05) is 0 Å². The van der Waals surface area contributed by atoms with Crippen molar-refractivity contribution in [3.05, 3.63) is 47.4 Å². The quantitative estimate of drug-likeness (QED) is 0.924. The van der Waals surface area contributed by atoms with Crippen LogP contribution in [0.2, 0.25) is 0 Å². The van der Waals surface area contributed by atoms with E-state index in [0.717, 1.165) is 5.56 Å². The van der Waals surface area contributed by atoms with Crippen molar-refractivity contribution in [3.63, 3.8) is 0 Å². The Bertz CT molecular complexity index is 573. The first kappa shape index (κ1) is 12.2.